The smallest absolute Gasteiger partial charge is 0.335 e. The van der Waals surface area contributed by atoms with Gasteiger partial charge >= 0.3 is 5.97 Å². The fourth-order valence-corrected chi connectivity index (χ4v) is 2.51. The summed E-state index contributed by atoms with van der Waals surface area (Å²) in [5.41, 5.74) is 1.97. The van der Waals surface area contributed by atoms with Gasteiger partial charge in [0, 0.05) is 6.61 Å². The second kappa shape index (κ2) is 5.83. The van der Waals surface area contributed by atoms with Crippen LogP contribution in [0, 0.1) is 0 Å². The van der Waals surface area contributed by atoms with Gasteiger partial charge in [0.2, 0.25) is 0 Å². The van der Waals surface area contributed by atoms with E-state index in [0.29, 0.717) is 6.54 Å². The highest BCUT2D eigenvalue weighted by Gasteiger charge is 2.22. The lowest BCUT2D eigenvalue weighted by Gasteiger charge is -2.27. The Morgan fingerprint density at radius 2 is 2.38 bits per heavy atom. The average Bonchev–Trinajstić information content (AvgIpc) is 2.77. The third kappa shape index (κ3) is 2.77. The van der Waals surface area contributed by atoms with E-state index in [2.05, 4.69) is 14.9 Å². The highest BCUT2D eigenvalue weighted by molar-refractivity contribution is 5.92. The van der Waals surface area contributed by atoms with Crippen molar-refractivity contribution in [2.45, 2.75) is 32.5 Å². The first-order valence-corrected chi connectivity index (χ1v) is 7.24. The lowest BCUT2D eigenvalue weighted by atomic mass is 10.1. The van der Waals surface area contributed by atoms with Crippen LogP contribution in [0.2, 0.25) is 0 Å². The summed E-state index contributed by atoms with van der Waals surface area (Å²) >= 11 is 0. The van der Waals surface area contributed by atoms with Gasteiger partial charge in [-0.2, -0.15) is 0 Å². The fraction of sp³-hybridized carbons (Fsp3) is 0.467. The number of nitrogens with zero attached hydrogens (tertiary/aromatic N) is 2. The quantitative estimate of drug-likeness (QED) is 0.845. The van der Waals surface area contributed by atoms with Crippen LogP contribution in [-0.4, -0.2) is 39.9 Å². The molecule has 0 bridgehead atoms. The zero-order chi connectivity index (χ0) is 14.8. The Morgan fingerprint density at radius 1 is 1.57 bits per heavy atom. The van der Waals surface area contributed by atoms with Crippen LogP contribution in [0.3, 0.4) is 0 Å². The molecular weight excluding hydrogens is 270 g/mol. The van der Waals surface area contributed by atoms with Gasteiger partial charge in [-0.25, -0.2) is 9.78 Å². The number of carbonyl (C=O) groups is 1. The van der Waals surface area contributed by atoms with E-state index in [4.69, 9.17) is 9.84 Å². The molecule has 0 saturated carbocycles. The first kappa shape index (κ1) is 14.0. The Balaban J connectivity index is 2.02. The zero-order valence-corrected chi connectivity index (χ0v) is 12.0. The van der Waals surface area contributed by atoms with Crippen molar-refractivity contribution in [3.05, 3.63) is 29.6 Å². The molecule has 0 amide bonds. The van der Waals surface area contributed by atoms with Crippen molar-refractivity contribution in [3.8, 4) is 0 Å². The Morgan fingerprint density at radius 3 is 3.00 bits per heavy atom. The van der Waals surface area contributed by atoms with Crippen LogP contribution >= 0.6 is 0 Å². The van der Waals surface area contributed by atoms with E-state index in [0.717, 1.165) is 43.0 Å². The van der Waals surface area contributed by atoms with E-state index in [1.54, 1.807) is 18.2 Å². The standard InChI is InChI=1S/C15H19N3O3/c1-2-16-8-14-17-12-4-3-10(15(19)20)7-13(12)18(14)9-11-5-6-21-11/h3-4,7,11,16H,2,5-6,8-9H2,1H3,(H,19,20)/t11-/m0/s1. The molecule has 3 rings (SSSR count). The molecule has 6 nitrogen and oxygen atoms in total. The molecule has 1 fully saturated rings. The number of carboxylic acid groups (broad SMARTS) is 1. The lowest BCUT2D eigenvalue weighted by Crippen LogP contribution is -2.32. The van der Waals surface area contributed by atoms with Gasteiger partial charge < -0.3 is 19.7 Å². The van der Waals surface area contributed by atoms with Crippen molar-refractivity contribution in [2.24, 2.45) is 0 Å². The molecule has 2 aromatic rings. The number of ether oxygens (including phenoxy) is 1. The molecule has 2 heterocycles. The van der Waals surface area contributed by atoms with Gasteiger partial charge in [-0.1, -0.05) is 6.92 Å². The molecule has 0 unspecified atom stereocenters. The molecule has 1 atom stereocenters. The van der Waals surface area contributed by atoms with Gasteiger partial charge in [-0.15, -0.1) is 0 Å². The number of benzene rings is 1. The minimum atomic E-state index is -0.919. The topological polar surface area (TPSA) is 76.4 Å². The van der Waals surface area contributed by atoms with Crippen LogP contribution in [0.4, 0.5) is 0 Å². The third-order valence-electron chi connectivity index (χ3n) is 3.79. The summed E-state index contributed by atoms with van der Waals surface area (Å²) in [6, 6.07) is 5.06. The second-order valence-electron chi connectivity index (χ2n) is 5.21. The third-order valence-corrected chi connectivity index (χ3v) is 3.79. The highest BCUT2D eigenvalue weighted by atomic mass is 16.5. The Bertz CT molecular complexity index is 661. The number of carboxylic acids is 1. The lowest BCUT2D eigenvalue weighted by molar-refractivity contribution is -0.0590. The number of hydrogen-bond donors (Lipinski definition) is 2. The van der Waals surface area contributed by atoms with Crippen molar-refractivity contribution in [1.29, 1.82) is 0 Å². The molecule has 2 N–H and O–H groups in total. The number of imidazole rings is 1. The molecule has 6 heteroatoms. The molecule has 112 valence electrons. The van der Waals surface area contributed by atoms with Gasteiger partial charge in [0.15, 0.2) is 0 Å². The van der Waals surface area contributed by atoms with Crippen LogP contribution in [0.5, 0.6) is 0 Å². The molecule has 0 aliphatic carbocycles. The molecule has 0 radical (unpaired) electrons. The maximum atomic E-state index is 11.2. The van der Waals surface area contributed by atoms with Crippen molar-refractivity contribution >= 4 is 17.0 Å². The second-order valence-corrected chi connectivity index (χ2v) is 5.21. The Kier molecular flexibility index (Phi) is 3.90. The SMILES string of the molecule is CCNCc1nc2ccc(C(=O)O)cc2n1C[C@@H]1CCO1. The van der Waals surface area contributed by atoms with E-state index < -0.39 is 5.97 Å². The Labute approximate surface area is 122 Å². The zero-order valence-electron chi connectivity index (χ0n) is 12.0. The van der Waals surface area contributed by atoms with E-state index >= 15 is 0 Å². The van der Waals surface area contributed by atoms with E-state index in [-0.39, 0.29) is 11.7 Å². The first-order valence-electron chi connectivity index (χ1n) is 7.24. The van der Waals surface area contributed by atoms with Gasteiger partial charge in [0.05, 0.1) is 35.8 Å². The number of aromatic nitrogens is 2. The summed E-state index contributed by atoms with van der Waals surface area (Å²) in [5, 5.41) is 12.4. The molecular formula is C15H19N3O3. The molecule has 1 aliphatic heterocycles. The normalized spacial score (nSPS) is 17.9. The largest absolute Gasteiger partial charge is 0.478 e. The predicted molar refractivity (Wildman–Crippen MR) is 78.4 cm³/mol. The summed E-state index contributed by atoms with van der Waals surface area (Å²) in [4.78, 5) is 15.8. The van der Waals surface area contributed by atoms with E-state index in [1.165, 1.54) is 0 Å². The number of fused-ring (bicyclic) bond motifs is 1. The van der Waals surface area contributed by atoms with E-state index in [9.17, 15) is 4.79 Å². The highest BCUT2D eigenvalue weighted by Crippen LogP contribution is 2.22. The van der Waals surface area contributed by atoms with Crippen molar-refractivity contribution < 1.29 is 14.6 Å². The molecule has 0 spiro atoms. The van der Waals surface area contributed by atoms with E-state index in [1.807, 2.05) is 6.92 Å². The first-order chi connectivity index (χ1) is 10.2. The monoisotopic (exact) mass is 289 g/mol. The summed E-state index contributed by atoms with van der Waals surface area (Å²) in [5.74, 6) is 0.00247. The number of nitrogens with one attached hydrogen (secondary N) is 1. The molecule has 1 aromatic heterocycles. The van der Waals surface area contributed by atoms with Crippen LogP contribution in [0.15, 0.2) is 18.2 Å². The van der Waals surface area contributed by atoms with Gasteiger partial charge in [0.25, 0.3) is 0 Å². The van der Waals surface area contributed by atoms with Crippen LogP contribution in [0.1, 0.15) is 29.5 Å². The van der Waals surface area contributed by atoms with Gasteiger partial charge in [0.1, 0.15) is 5.82 Å². The summed E-state index contributed by atoms with van der Waals surface area (Å²) in [6.07, 6.45) is 1.25. The molecule has 21 heavy (non-hydrogen) atoms. The number of aromatic carboxylic acids is 1. The summed E-state index contributed by atoms with van der Waals surface area (Å²) < 4.78 is 7.58. The minimum absolute atomic E-state index is 0.205. The van der Waals surface area contributed by atoms with Crippen LogP contribution in [0.25, 0.3) is 11.0 Å². The predicted octanol–water partition coefficient (Wildman–Crippen LogP) is 1.63. The maximum Gasteiger partial charge on any atom is 0.335 e. The number of hydrogen-bond acceptors (Lipinski definition) is 4. The van der Waals surface area contributed by atoms with Crippen LogP contribution < -0.4 is 5.32 Å². The molecule has 1 aliphatic rings. The van der Waals surface area contributed by atoms with Crippen LogP contribution in [-0.2, 0) is 17.8 Å². The Hall–Kier alpha value is -1.92. The molecule has 1 saturated heterocycles. The molecule has 1 aromatic carbocycles. The van der Waals surface area contributed by atoms with Gasteiger partial charge in [-0.3, -0.25) is 0 Å². The van der Waals surface area contributed by atoms with Crippen molar-refractivity contribution in [3.63, 3.8) is 0 Å². The summed E-state index contributed by atoms with van der Waals surface area (Å²) in [6.45, 7) is 5.11. The van der Waals surface area contributed by atoms with Gasteiger partial charge in [-0.05, 0) is 31.2 Å². The number of rotatable bonds is 6. The maximum absolute atomic E-state index is 11.2. The minimum Gasteiger partial charge on any atom is -0.478 e. The summed E-state index contributed by atoms with van der Waals surface area (Å²) in [7, 11) is 0. The fourth-order valence-electron chi connectivity index (χ4n) is 2.51. The van der Waals surface area contributed by atoms with Crippen molar-refractivity contribution in [1.82, 2.24) is 14.9 Å². The van der Waals surface area contributed by atoms with Crippen molar-refractivity contribution in [2.75, 3.05) is 13.2 Å². The average molecular weight is 289 g/mol.